The molecule has 2 amide bonds. The molecule has 1 saturated heterocycles. The Labute approximate surface area is 67.5 Å². The SMILES string of the molecule is O=C1CN(Cl)C(=O)CN1Cl. The van der Waals surface area contributed by atoms with Crippen LogP contribution in [0.2, 0.25) is 0 Å². The van der Waals surface area contributed by atoms with Crippen molar-refractivity contribution in [1.82, 2.24) is 8.84 Å². The molecule has 6 heteroatoms. The molecule has 1 rings (SSSR count). The molecule has 0 aliphatic carbocycles. The van der Waals surface area contributed by atoms with Crippen LogP contribution in [0, 0.1) is 0 Å². The molecular weight excluding hydrogens is 179 g/mol. The number of carbonyl (C=O) groups excluding carboxylic acids is 2. The maximum atomic E-state index is 10.7. The van der Waals surface area contributed by atoms with Gasteiger partial charge in [-0.05, 0) is 0 Å². The minimum Gasteiger partial charge on any atom is -0.271 e. The topological polar surface area (TPSA) is 40.6 Å². The Morgan fingerprint density at radius 1 is 1.00 bits per heavy atom. The van der Waals surface area contributed by atoms with Gasteiger partial charge in [-0.25, -0.2) is 8.84 Å². The van der Waals surface area contributed by atoms with Crippen molar-refractivity contribution in [3.8, 4) is 0 Å². The summed E-state index contributed by atoms with van der Waals surface area (Å²) in [7, 11) is 0. The number of halogens is 2. The van der Waals surface area contributed by atoms with Crippen LogP contribution >= 0.6 is 23.6 Å². The van der Waals surface area contributed by atoms with Gasteiger partial charge in [0.15, 0.2) is 0 Å². The van der Waals surface area contributed by atoms with Gasteiger partial charge in [-0.1, -0.05) is 0 Å². The Hall–Kier alpha value is -0.480. The van der Waals surface area contributed by atoms with Gasteiger partial charge < -0.3 is 0 Å². The molecule has 0 saturated carbocycles. The van der Waals surface area contributed by atoms with E-state index in [2.05, 4.69) is 0 Å². The second-order valence-electron chi connectivity index (χ2n) is 1.83. The van der Waals surface area contributed by atoms with E-state index in [4.69, 9.17) is 23.6 Å². The molecule has 0 aromatic carbocycles. The van der Waals surface area contributed by atoms with Gasteiger partial charge in [0.25, 0.3) is 11.8 Å². The lowest BCUT2D eigenvalue weighted by atomic mass is 10.4. The standard InChI is InChI=1S/C4H4Cl2N2O2/c5-7-1-3(9)8(6)2-4(7)10/h1-2H2. The van der Waals surface area contributed by atoms with Crippen molar-refractivity contribution in [1.29, 1.82) is 0 Å². The highest BCUT2D eigenvalue weighted by Gasteiger charge is 2.27. The molecule has 4 nitrogen and oxygen atoms in total. The van der Waals surface area contributed by atoms with Crippen LogP contribution in [0.3, 0.4) is 0 Å². The molecule has 0 unspecified atom stereocenters. The maximum Gasteiger partial charge on any atom is 0.258 e. The van der Waals surface area contributed by atoms with E-state index in [9.17, 15) is 9.59 Å². The van der Waals surface area contributed by atoms with E-state index in [1.165, 1.54) is 0 Å². The summed E-state index contributed by atoms with van der Waals surface area (Å²) < 4.78 is 1.64. The molecule has 0 atom stereocenters. The molecule has 56 valence electrons. The van der Waals surface area contributed by atoms with Gasteiger partial charge >= 0.3 is 0 Å². The highest BCUT2D eigenvalue weighted by Crippen LogP contribution is 2.08. The third-order valence-corrected chi connectivity index (χ3v) is 1.71. The smallest absolute Gasteiger partial charge is 0.258 e. The maximum absolute atomic E-state index is 10.7. The Balaban J connectivity index is 2.63. The van der Waals surface area contributed by atoms with Crippen LogP contribution in [0.4, 0.5) is 0 Å². The molecule has 0 aromatic heterocycles. The fourth-order valence-corrected chi connectivity index (χ4v) is 0.879. The summed E-state index contributed by atoms with van der Waals surface area (Å²) in [5, 5.41) is 0. The molecule has 10 heavy (non-hydrogen) atoms. The van der Waals surface area contributed by atoms with Gasteiger partial charge in [0.05, 0.1) is 0 Å². The van der Waals surface area contributed by atoms with Crippen LogP contribution in [0.15, 0.2) is 0 Å². The van der Waals surface area contributed by atoms with Crippen LogP contribution in [-0.4, -0.2) is 33.7 Å². The van der Waals surface area contributed by atoms with Crippen molar-refractivity contribution in [2.24, 2.45) is 0 Å². The summed E-state index contributed by atoms with van der Waals surface area (Å²) in [4.78, 5) is 21.3. The predicted molar refractivity (Wildman–Crippen MR) is 35.1 cm³/mol. The van der Waals surface area contributed by atoms with Crippen LogP contribution in [0.5, 0.6) is 0 Å². The number of hydrogen-bond donors (Lipinski definition) is 0. The summed E-state index contributed by atoms with van der Waals surface area (Å²) in [5.41, 5.74) is 0. The Morgan fingerprint density at radius 2 is 1.30 bits per heavy atom. The fourth-order valence-electron chi connectivity index (χ4n) is 0.567. The van der Waals surface area contributed by atoms with Crippen LogP contribution in [-0.2, 0) is 9.59 Å². The number of carbonyl (C=O) groups is 2. The van der Waals surface area contributed by atoms with Crippen molar-refractivity contribution in [2.45, 2.75) is 0 Å². The largest absolute Gasteiger partial charge is 0.271 e. The van der Waals surface area contributed by atoms with Gasteiger partial charge in [-0.3, -0.25) is 9.59 Å². The summed E-state index contributed by atoms with van der Waals surface area (Å²) >= 11 is 10.6. The summed E-state index contributed by atoms with van der Waals surface area (Å²) in [6.07, 6.45) is 0. The molecular formula is C4H4Cl2N2O2. The first-order valence-corrected chi connectivity index (χ1v) is 3.21. The molecule has 0 aromatic rings. The summed E-state index contributed by atoms with van der Waals surface area (Å²) in [5.74, 6) is -0.729. The van der Waals surface area contributed by atoms with E-state index in [0.29, 0.717) is 0 Å². The van der Waals surface area contributed by atoms with Gasteiger partial charge in [0.1, 0.15) is 13.1 Å². The molecule has 0 radical (unpaired) electrons. The van der Waals surface area contributed by atoms with E-state index in [-0.39, 0.29) is 24.9 Å². The zero-order valence-corrected chi connectivity index (χ0v) is 6.39. The highest BCUT2D eigenvalue weighted by atomic mass is 35.5. The number of piperazine rings is 1. The summed E-state index contributed by atoms with van der Waals surface area (Å²) in [6, 6.07) is 0. The van der Waals surface area contributed by atoms with E-state index >= 15 is 0 Å². The zero-order chi connectivity index (χ0) is 7.72. The van der Waals surface area contributed by atoms with Gasteiger partial charge in [0.2, 0.25) is 0 Å². The van der Waals surface area contributed by atoms with E-state index < -0.39 is 0 Å². The first-order valence-electron chi connectivity index (χ1n) is 2.53. The minimum atomic E-state index is -0.365. The lowest BCUT2D eigenvalue weighted by Gasteiger charge is -2.23. The number of rotatable bonds is 0. The Morgan fingerprint density at radius 3 is 1.60 bits per heavy atom. The third-order valence-electron chi connectivity index (χ3n) is 1.09. The van der Waals surface area contributed by atoms with Crippen molar-refractivity contribution in [3.63, 3.8) is 0 Å². The number of amides is 2. The first-order chi connectivity index (χ1) is 4.61. The monoisotopic (exact) mass is 182 g/mol. The van der Waals surface area contributed by atoms with Gasteiger partial charge in [-0.15, -0.1) is 0 Å². The zero-order valence-electron chi connectivity index (χ0n) is 4.88. The Bertz CT molecular complexity index is 164. The quantitative estimate of drug-likeness (QED) is 0.494. The number of hydrogen-bond acceptors (Lipinski definition) is 2. The minimum absolute atomic E-state index is 0.149. The first kappa shape index (κ1) is 7.63. The molecule has 0 spiro atoms. The van der Waals surface area contributed by atoms with Gasteiger partial charge in [0, 0.05) is 23.6 Å². The average molecular weight is 183 g/mol. The Kier molecular flexibility index (Phi) is 2.01. The lowest BCUT2D eigenvalue weighted by molar-refractivity contribution is -0.141. The van der Waals surface area contributed by atoms with Crippen molar-refractivity contribution in [3.05, 3.63) is 0 Å². The second-order valence-corrected chi connectivity index (χ2v) is 2.64. The molecule has 1 fully saturated rings. The van der Waals surface area contributed by atoms with Crippen molar-refractivity contribution in [2.75, 3.05) is 13.1 Å². The normalized spacial score (nSPS) is 20.2. The van der Waals surface area contributed by atoms with Gasteiger partial charge in [-0.2, -0.15) is 0 Å². The fraction of sp³-hybridized carbons (Fsp3) is 0.500. The van der Waals surface area contributed by atoms with E-state index in [0.717, 1.165) is 8.84 Å². The second kappa shape index (κ2) is 2.64. The predicted octanol–water partition coefficient (Wildman–Crippen LogP) is -0.0352. The molecule has 1 aliphatic rings. The van der Waals surface area contributed by atoms with E-state index in [1.807, 2.05) is 0 Å². The van der Waals surface area contributed by atoms with Crippen LogP contribution < -0.4 is 0 Å². The average Bonchev–Trinajstić information content (AvgIpc) is 1.84. The molecule has 1 heterocycles. The lowest BCUT2D eigenvalue weighted by Crippen LogP contribution is -2.45. The number of nitrogens with zero attached hydrogens (tertiary/aromatic N) is 2. The molecule has 0 bridgehead atoms. The van der Waals surface area contributed by atoms with Crippen LogP contribution in [0.1, 0.15) is 0 Å². The molecule has 0 N–H and O–H groups in total. The van der Waals surface area contributed by atoms with Crippen LogP contribution in [0.25, 0.3) is 0 Å². The van der Waals surface area contributed by atoms with Crippen molar-refractivity contribution < 1.29 is 9.59 Å². The molecule has 1 aliphatic heterocycles. The van der Waals surface area contributed by atoms with E-state index in [1.54, 1.807) is 0 Å². The third kappa shape index (κ3) is 1.33. The summed E-state index contributed by atoms with van der Waals surface area (Å²) in [6.45, 7) is -0.298. The highest BCUT2D eigenvalue weighted by molar-refractivity contribution is 6.28. The van der Waals surface area contributed by atoms with Crippen molar-refractivity contribution >= 4 is 35.4 Å².